The Labute approximate surface area is 94.0 Å². The number of nitrogens with two attached hydrogens (primary N) is 1. The van der Waals surface area contributed by atoms with Crippen LogP contribution in [0.5, 0.6) is 0 Å². The van der Waals surface area contributed by atoms with E-state index in [1.165, 1.54) is 6.33 Å². The molecule has 6 nitrogen and oxygen atoms in total. The first kappa shape index (κ1) is 11.1. The fourth-order valence-electron chi connectivity index (χ4n) is 2.10. The molecule has 1 heterocycles. The van der Waals surface area contributed by atoms with Crippen LogP contribution in [0.25, 0.3) is 0 Å². The van der Waals surface area contributed by atoms with Gasteiger partial charge in [-0.3, -0.25) is 9.89 Å². The van der Waals surface area contributed by atoms with Gasteiger partial charge in [0.05, 0.1) is 5.92 Å². The van der Waals surface area contributed by atoms with Crippen LogP contribution in [0.4, 0.5) is 0 Å². The Morgan fingerprint density at radius 1 is 1.62 bits per heavy atom. The molecule has 0 radical (unpaired) electrons. The second-order valence-corrected chi connectivity index (χ2v) is 4.17. The van der Waals surface area contributed by atoms with Crippen molar-refractivity contribution in [3.63, 3.8) is 0 Å². The van der Waals surface area contributed by atoms with Gasteiger partial charge < -0.3 is 11.1 Å². The van der Waals surface area contributed by atoms with Crippen molar-refractivity contribution >= 4 is 5.91 Å². The summed E-state index contributed by atoms with van der Waals surface area (Å²) < 4.78 is 0. The third-order valence-corrected chi connectivity index (χ3v) is 3.03. The number of H-pyrrole nitrogens is 1. The minimum atomic E-state index is -0.00488. The number of aromatic nitrogens is 3. The average molecular weight is 223 g/mol. The van der Waals surface area contributed by atoms with Gasteiger partial charge in [0, 0.05) is 19.0 Å². The first-order chi connectivity index (χ1) is 7.77. The third kappa shape index (κ3) is 2.57. The zero-order valence-corrected chi connectivity index (χ0v) is 9.15. The van der Waals surface area contributed by atoms with Crippen LogP contribution < -0.4 is 11.1 Å². The molecule has 2 rings (SSSR count). The van der Waals surface area contributed by atoms with Crippen LogP contribution >= 0.6 is 0 Å². The Kier molecular flexibility index (Phi) is 3.51. The lowest BCUT2D eigenvalue weighted by molar-refractivity contribution is -0.125. The van der Waals surface area contributed by atoms with E-state index in [-0.39, 0.29) is 17.9 Å². The molecule has 1 aromatic heterocycles. The second-order valence-electron chi connectivity index (χ2n) is 4.17. The van der Waals surface area contributed by atoms with Crippen molar-refractivity contribution in [3.8, 4) is 0 Å². The molecule has 2 atom stereocenters. The van der Waals surface area contributed by atoms with Gasteiger partial charge in [-0.25, -0.2) is 4.98 Å². The number of hydrogen-bond donors (Lipinski definition) is 3. The van der Waals surface area contributed by atoms with E-state index in [1.807, 2.05) is 0 Å². The number of carbonyl (C=O) groups excluding carboxylic acids is 1. The highest BCUT2D eigenvalue weighted by molar-refractivity contribution is 5.79. The van der Waals surface area contributed by atoms with Crippen LogP contribution in [0.2, 0.25) is 0 Å². The van der Waals surface area contributed by atoms with E-state index in [9.17, 15) is 4.79 Å². The first-order valence-electron chi connectivity index (χ1n) is 5.65. The van der Waals surface area contributed by atoms with E-state index in [4.69, 9.17) is 5.73 Å². The predicted octanol–water partition coefficient (Wildman–Crippen LogP) is -0.409. The first-order valence-corrected chi connectivity index (χ1v) is 5.65. The lowest BCUT2D eigenvalue weighted by atomic mass is 10.0. The molecule has 1 aromatic rings. The number of nitrogens with zero attached hydrogens (tertiary/aromatic N) is 2. The van der Waals surface area contributed by atoms with E-state index in [1.54, 1.807) is 0 Å². The molecule has 1 aliphatic carbocycles. The van der Waals surface area contributed by atoms with Gasteiger partial charge in [-0.15, -0.1) is 0 Å². The molecule has 6 heteroatoms. The summed E-state index contributed by atoms with van der Waals surface area (Å²) in [4.78, 5) is 15.7. The summed E-state index contributed by atoms with van der Waals surface area (Å²) in [6.45, 7) is 0.581. The molecule has 0 aliphatic heterocycles. The molecule has 0 aromatic carbocycles. The van der Waals surface area contributed by atoms with Crippen molar-refractivity contribution in [2.75, 3.05) is 6.54 Å². The number of nitrogens with one attached hydrogen (secondary N) is 2. The molecular weight excluding hydrogens is 206 g/mol. The molecule has 1 amide bonds. The second kappa shape index (κ2) is 5.07. The van der Waals surface area contributed by atoms with Crippen LogP contribution in [0, 0.1) is 5.92 Å². The SMILES string of the molecule is NC1CCCC1C(=O)NCCc1ncn[nH]1. The molecular formula is C10H17N5O. The van der Waals surface area contributed by atoms with Crippen molar-refractivity contribution in [2.24, 2.45) is 11.7 Å². The molecule has 88 valence electrons. The van der Waals surface area contributed by atoms with E-state index in [0.717, 1.165) is 25.1 Å². The van der Waals surface area contributed by atoms with Crippen molar-refractivity contribution in [1.29, 1.82) is 0 Å². The zero-order chi connectivity index (χ0) is 11.4. The lowest BCUT2D eigenvalue weighted by Gasteiger charge is -2.14. The van der Waals surface area contributed by atoms with Crippen LogP contribution in [0.3, 0.4) is 0 Å². The monoisotopic (exact) mass is 223 g/mol. The van der Waals surface area contributed by atoms with Crippen molar-refractivity contribution in [1.82, 2.24) is 20.5 Å². The van der Waals surface area contributed by atoms with Crippen LogP contribution in [0.15, 0.2) is 6.33 Å². The molecule has 0 spiro atoms. The molecule has 2 unspecified atom stereocenters. The van der Waals surface area contributed by atoms with Gasteiger partial charge >= 0.3 is 0 Å². The smallest absolute Gasteiger partial charge is 0.224 e. The predicted molar refractivity (Wildman–Crippen MR) is 58.4 cm³/mol. The Morgan fingerprint density at radius 2 is 2.50 bits per heavy atom. The van der Waals surface area contributed by atoms with Crippen LogP contribution in [-0.4, -0.2) is 33.7 Å². The molecule has 4 N–H and O–H groups in total. The summed E-state index contributed by atoms with van der Waals surface area (Å²) >= 11 is 0. The van der Waals surface area contributed by atoms with Crippen molar-refractivity contribution in [2.45, 2.75) is 31.7 Å². The van der Waals surface area contributed by atoms with Gasteiger partial charge in [-0.05, 0) is 12.8 Å². The third-order valence-electron chi connectivity index (χ3n) is 3.03. The largest absolute Gasteiger partial charge is 0.355 e. The van der Waals surface area contributed by atoms with E-state index < -0.39 is 0 Å². The Hall–Kier alpha value is -1.43. The molecule has 1 fully saturated rings. The van der Waals surface area contributed by atoms with Gasteiger partial charge in [0.15, 0.2) is 0 Å². The highest BCUT2D eigenvalue weighted by Gasteiger charge is 2.29. The Balaban J connectivity index is 1.71. The van der Waals surface area contributed by atoms with Gasteiger partial charge in [-0.2, -0.15) is 5.10 Å². The summed E-state index contributed by atoms with van der Waals surface area (Å²) in [5.74, 6) is 0.857. The lowest BCUT2D eigenvalue weighted by Crippen LogP contribution is -2.39. The summed E-state index contributed by atoms with van der Waals surface area (Å²) in [6.07, 6.45) is 5.06. The molecule has 1 saturated carbocycles. The minimum absolute atomic E-state index is 0.00488. The number of aromatic amines is 1. The zero-order valence-electron chi connectivity index (χ0n) is 9.15. The number of amides is 1. The summed E-state index contributed by atoms with van der Waals surface area (Å²) in [7, 11) is 0. The number of carbonyl (C=O) groups is 1. The van der Waals surface area contributed by atoms with Crippen molar-refractivity contribution < 1.29 is 4.79 Å². The number of rotatable bonds is 4. The highest BCUT2D eigenvalue weighted by atomic mass is 16.1. The van der Waals surface area contributed by atoms with E-state index >= 15 is 0 Å². The van der Waals surface area contributed by atoms with Crippen LogP contribution in [0.1, 0.15) is 25.1 Å². The topological polar surface area (TPSA) is 96.7 Å². The molecule has 0 bridgehead atoms. The number of hydrogen-bond acceptors (Lipinski definition) is 4. The molecule has 0 saturated heterocycles. The average Bonchev–Trinajstić information content (AvgIpc) is 2.88. The standard InChI is InChI=1S/C10H17N5O/c11-8-3-1-2-7(8)10(16)12-5-4-9-13-6-14-15-9/h6-8H,1-5,11H2,(H,12,16)(H,13,14,15). The summed E-state index contributed by atoms with van der Waals surface area (Å²) in [6, 6.07) is 0.0327. The fourth-order valence-corrected chi connectivity index (χ4v) is 2.10. The maximum Gasteiger partial charge on any atom is 0.224 e. The maximum absolute atomic E-state index is 11.7. The summed E-state index contributed by atoms with van der Waals surface area (Å²) in [5, 5.41) is 9.38. The van der Waals surface area contributed by atoms with E-state index in [0.29, 0.717) is 13.0 Å². The van der Waals surface area contributed by atoms with Gasteiger partial charge in [0.25, 0.3) is 0 Å². The van der Waals surface area contributed by atoms with Gasteiger partial charge in [-0.1, -0.05) is 6.42 Å². The minimum Gasteiger partial charge on any atom is -0.355 e. The molecule has 16 heavy (non-hydrogen) atoms. The highest BCUT2D eigenvalue weighted by Crippen LogP contribution is 2.23. The fraction of sp³-hybridized carbons (Fsp3) is 0.700. The Bertz CT molecular complexity index is 337. The van der Waals surface area contributed by atoms with Gasteiger partial charge in [0.2, 0.25) is 5.91 Å². The maximum atomic E-state index is 11.7. The van der Waals surface area contributed by atoms with Crippen molar-refractivity contribution in [3.05, 3.63) is 12.2 Å². The summed E-state index contributed by atoms with van der Waals surface area (Å²) in [5.41, 5.74) is 5.86. The quantitative estimate of drug-likeness (QED) is 0.646. The molecule has 1 aliphatic rings. The van der Waals surface area contributed by atoms with Gasteiger partial charge in [0.1, 0.15) is 12.2 Å². The van der Waals surface area contributed by atoms with E-state index in [2.05, 4.69) is 20.5 Å². The normalized spacial score (nSPS) is 24.6. The Morgan fingerprint density at radius 3 is 3.12 bits per heavy atom. The van der Waals surface area contributed by atoms with Crippen LogP contribution in [-0.2, 0) is 11.2 Å².